The molecular weight excluding hydrogens is 656 g/mol. The summed E-state index contributed by atoms with van der Waals surface area (Å²) in [5.74, 6) is -0.0371. The number of hydrogen-bond acceptors (Lipinski definition) is 14. The molecule has 7 N–H and O–H groups in total. The van der Waals surface area contributed by atoms with E-state index < -0.39 is 91.2 Å². The zero-order valence-electron chi connectivity index (χ0n) is 29.4. The van der Waals surface area contributed by atoms with Crippen LogP contribution in [0, 0.1) is 34.5 Å². The van der Waals surface area contributed by atoms with Crippen LogP contribution in [-0.2, 0) is 33.2 Å². The quantitative estimate of drug-likeness (QED) is 0.136. The lowest BCUT2D eigenvalue weighted by molar-refractivity contribution is -0.363. The third-order valence-corrected chi connectivity index (χ3v) is 14.5. The van der Waals surface area contributed by atoms with Crippen molar-refractivity contribution in [3.05, 3.63) is 11.6 Å². The third-order valence-electron chi connectivity index (χ3n) is 14.5. The van der Waals surface area contributed by atoms with Crippen molar-refractivity contribution in [2.24, 2.45) is 34.5 Å². The second-order valence-corrected chi connectivity index (χ2v) is 16.6. The van der Waals surface area contributed by atoms with Gasteiger partial charge in [0, 0.05) is 25.0 Å². The van der Waals surface area contributed by atoms with E-state index in [4.69, 9.17) is 28.4 Å². The molecule has 6 fully saturated rings. The number of carbonyl (C=O) groups is 1. The molecule has 7 rings (SSSR count). The van der Waals surface area contributed by atoms with Crippen LogP contribution in [0.15, 0.2) is 11.6 Å². The van der Waals surface area contributed by atoms with E-state index in [2.05, 4.69) is 13.8 Å². The molecule has 14 nitrogen and oxygen atoms in total. The number of fused-ring (bicyclic) bond motifs is 5. The smallest absolute Gasteiger partial charge is 0.331 e. The molecule has 14 heteroatoms. The predicted octanol–water partition coefficient (Wildman–Crippen LogP) is -0.0948. The first-order valence-electron chi connectivity index (χ1n) is 18.4. The van der Waals surface area contributed by atoms with Gasteiger partial charge in [-0.1, -0.05) is 13.8 Å². The summed E-state index contributed by atoms with van der Waals surface area (Å²) in [6.45, 7) is 5.60. The largest absolute Gasteiger partial charge is 0.458 e. The topological polar surface area (TPSA) is 214 Å². The first-order valence-corrected chi connectivity index (χ1v) is 18.4. The van der Waals surface area contributed by atoms with Crippen molar-refractivity contribution in [1.82, 2.24) is 0 Å². The maximum Gasteiger partial charge on any atom is 0.331 e. The highest BCUT2D eigenvalue weighted by Gasteiger charge is 2.69. The molecule has 2 saturated heterocycles. The van der Waals surface area contributed by atoms with Gasteiger partial charge in [0.1, 0.15) is 49.3 Å². The van der Waals surface area contributed by atoms with Crippen LogP contribution in [0.1, 0.15) is 72.1 Å². The zero-order valence-corrected chi connectivity index (χ0v) is 29.4. The van der Waals surface area contributed by atoms with Gasteiger partial charge in [-0.05, 0) is 86.5 Å². The Morgan fingerprint density at radius 1 is 0.860 bits per heavy atom. The first-order chi connectivity index (χ1) is 23.7. The van der Waals surface area contributed by atoms with Gasteiger partial charge in [0.25, 0.3) is 0 Å². The maximum atomic E-state index is 12.5. The molecular formula is C36H56O14. The molecule has 0 unspecified atom stereocenters. The summed E-state index contributed by atoms with van der Waals surface area (Å²) in [6.07, 6.45) is -6.71. The number of methoxy groups -OCH3 is 1. The molecule has 0 aromatic carbocycles. The van der Waals surface area contributed by atoms with Gasteiger partial charge in [-0.15, -0.1) is 0 Å². The Kier molecular flexibility index (Phi) is 10.0. The zero-order chi connectivity index (χ0) is 35.9. The van der Waals surface area contributed by atoms with Crippen molar-refractivity contribution in [1.29, 1.82) is 0 Å². The fraction of sp³-hybridized carbons (Fsp3) is 0.917. The Hall–Kier alpha value is -1.27. The molecule has 3 heterocycles. The van der Waals surface area contributed by atoms with Crippen molar-refractivity contribution in [2.45, 2.75) is 151 Å². The normalized spacial score (nSPS) is 55.1. The van der Waals surface area contributed by atoms with Gasteiger partial charge >= 0.3 is 5.97 Å². The van der Waals surface area contributed by atoms with Crippen LogP contribution < -0.4 is 0 Å². The maximum absolute atomic E-state index is 12.5. The van der Waals surface area contributed by atoms with E-state index in [1.54, 1.807) is 13.0 Å². The summed E-state index contributed by atoms with van der Waals surface area (Å²) >= 11 is 0. The summed E-state index contributed by atoms with van der Waals surface area (Å²) in [6, 6.07) is 0. The molecule has 0 radical (unpaired) electrons. The molecule has 0 spiro atoms. The van der Waals surface area contributed by atoms with E-state index >= 15 is 0 Å². The Labute approximate surface area is 292 Å². The standard InChI is InChI=1S/C36H56O14/c1-16-26(40)31(45-4)29(43)33(47-16)50-30-23(14-37)49-32(28(42)27(30)41)48-19-12-18-5-6-22-21(35(18,3)24(38)13-19)7-9-34(2)20(8-10-36(22,34)44)17-11-25(39)46-15-17/h11,16,18-24,26-33,37-38,40-44H,5-10,12-15H2,1-4H3/t16-,18-,19+,20+,21-,22+,23-,24+,26+,27-,28+,29-,30+,31+,32+,33+,34+,35-,36-/m0/s1. The molecule has 4 saturated carbocycles. The number of ether oxygens (including phenoxy) is 6. The third kappa shape index (κ3) is 5.63. The fourth-order valence-electron chi connectivity index (χ4n) is 11.6. The molecule has 7 aliphatic rings. The van der Waals surface area contributed by atoms with Crippen LogP contribution >= 0.6 is 0 Å². The van der Waals surface area contributed by atoms with Crippen molar-refractivity contribution in [3.63, 3.8) is 0 Å². The van der Waals surface area contributed by atoms with Gasteiger partial charge < -0.3 is 64.2 Å². The van der Waals surface area contributed by atoms with Gasteiger partial charge in [-0.2, -0.15) is 0 Å². The lowest BCUT2D eigenvalue weighted by atomic mass is 9.42. The number of cyclic esters (lactones) is 1. The molecule has 284 valence electrons. The lowest BCUT2D eigenvalue weighted by Crippen LogP contribution is -2.66. The molecule has 0 amide bonds. The number of aliphatic hydroxyl groups is 7. The molecule has 19 atom stereocenters. The van der Waals surface area contributed by atoms with Crippen LogP contribution in [0.5, 0.6) is 0 Å². The lowest BCUT2D eigenvalue weighted by Gasteiger charge is -2.64. The minimum atomic E-state index is -1.59. The number of rotatable bonds is 7. The second kappa shape index (κ2) is 13.5. The summed E-state index contributed by atoms with van der Waals surface area (Å²) in [4.78, 5) is 11.9. The average molecular weight is 713 g/mol. The van der Waals surface area contributed by atoms with Gasteiger partial charge in [-0.25, -0.2) is 4.79 Å². The van der Waals surface area contributed by atoms with Crippen LogP contribution in [0.4, 0.5) is 0 Å². The highest BCUT2D eigenvalue weighted by molar-refractivity contribution is 5.85. The second-order valence-electron chi connectivity index (χ2n) is 16.6. The molecule has 0 aromatic rings. The van der Waals surface area contributed by atoms with Gasteiger partial charge in [0.15, 0.2) is 12.6 Å². The SMILES string of the molecule is CO[C@H]1[C@H](O)[C@@H](O[C@H]2[C@@H](O)[C@@H](O)[C@H](O[C@@H]3C[C@@H]4CC[C@@H]5[C@H](CC[C@]6(C)[C@@H](C7=CC(=O)OC7)CC[C@]56O)[C@@]4(C)[C@H](O)C3)O[C@H]2CO)O[C@@H](C)[C@H]1O. The average Bonchev–Trinajstić information content (AvgIpc) is 3.63. The van der Waals surface area contributed by atoms with Crippen molar-refractivity contribution >= 4 is 5.97 Å². The van der Waals surface area contributed by atoms with E-state index in [1.165, 1.54) is 7.11 Å². The molecule has 50 heavy (non-hydrogen) atoms. The molecule has 4 aliphatic carbocycles. The first kappa shape index (κ1) is 37.1. The van der Waals surface area contributed by atoms with Gasteiger partial charge in [-0.3, -0.25) is 0 Å². The molecule has 0 bridgehead atoms. The minimum Gasteiger partial charge on any atom is -0.458 e. The highest BCUT2D eigenvalue weighted by atomic mass is 16.7. The van der Waals surface area contributed by atoms with Crippen LogP contribution in [0.3, 0.4) is 0 Å². The van der Waals surface area contributed by atoms with Crippen molar-refractivity contribution in [3.8, 4) is 0 Å². The Balaban J connectivity index is 1.01. The number of hydrogen-bond donors (Lipinski definition) is 7. The summed E-state index contributed by atoms with van der Waals surface area (Å²) < 4.78 is 34.2. The monoisotopic (exact) mass is 712 g/mol. The number of aliphatic hydroxyl groups excluding tert-OH is 6. The Bertz CT molecular complexity index is 1300. The van der Waals surface area contributed by atoms with Crippen LogP contribution in [0.2, 0.25) is 0 Å². The Morgan fingerprint density at radius 2 is 1.60 bits per heavy atom. The van der Waals surface area contributed by atoms with E-state index in [0.717, 1.165) is 37.7 Å². The minimum absolute atomic E-state index is 0.0104. The van der Waals surface area contributed by atoms with E-state index in [0.29, 0.717) is 19.4 Å². The predicted molar refractivity (Wildman–Crippen MR) is 172 cm³/mol. The summed E-state index contributed by atoms with van der Waals surface area (Å²) in [5.41, 5.74) is -0.775. The van der Waals surface area contributed by atoms with Crippen LogP contribution in [-0.4, -0.2) is 141 Å². The van der Waals surface area contributed by atoms with Gasteiger partial charge in [0.05, 0.1) is 30.5 Å². The van der Waals surface area contributed by atoms with Crippen molar-refractivity contribution < 1.29 is 69.0 Å². The summed E-state index contributed by atoms with van der Waals surface area (Å²) in [7, 11) is 1.33. The fourth-order valence-corrected chi connectivity index (χ4v) is 11.6. The Morgan fingerprint density at radius 3 is 2.28 bits per heavy atom. The number of carbonyl (C=O) groups excluding carboxylic acids is 1. The van der Waals surface area contributed by atoms with E-state index in [9.17, 15) is 40.5 Å². The summed E-state index contributed by atoms with van der Waals surface area (Å²) in [5, 5.41) is 77.9. The van der Waals surface area contributed by atoms with E-state index in [1.807, 2.05) is 0 Å². The van der Waals surface area contributed by atoms with Gasteiger partial charge in [0.2, 0.25) is 0 Å². The highest BCUT2D eigenvalue weighted by Crippen LogP contribution is 2.70. The van der Waals surface area contributed by atoms with Crippen molar-refractivity contribution in [2.75, 3.05) is 20.3 Å². The molecule has 0 aromatic heterocycles. The number of esters is 1. The molecule has 3 aliphatic heterocycles. The van der Waals surface area contributed by atoms with E-state index in [-0.39, 0.29) is 41.5 Å². The van der Waals surface area contributed by atoms with Crippen LogP contribution in [0.25, 0.3) is 0 Å².